The molecule has 3 atom stereocenters. The molecule has 0 aromatic heterocycles. The van der Waals surface area contributed by atoms with Gasteiger partial charge in [-0.1, -0.05) is 19.8 Å². The third-order valence-electron chi connectivity index (χ3n) is 4.28. The van der Waals surface area contributed by atoms with Crippen molar-refractivity contribution in [2.75, 3.05) is 0 Å². The summed E-state index contributed by atoms with van der Waals surface area (Å²) in [4.78, 5) is 0. The summed E-state index contributed by atoms with van der Waals surface area (Å²) in [5, 5.41) is 14.0. The molecule has 0 aromatic rings. The van der Waals surface area contributed by atoms with Gasteiger partial charge in [0.05, 0.1) is 6.10 Å². The summed E-state index contributed by atoms with van der Waals surface area (Å²) in [5.74, 6) is 0. The van der Waals surface area contributed by atoms with Crippen LogP contribution in [-0.4, -0.2) is 22.8 Å². The van der Waals surface area contributed by atoms with Crippen LogP contribution in [0.5, 0.6) is 0 Å². The molecule has 1 aliphatic heterocycles. The first-order valence-electron chi connectivity index (χ1n) is 5.90. The maximum absolute atomic E-state index is 10.3. The standard InChI is InChI=1S/C12H23NO/c1-11(2)8-10(14)12(3)7-5-4-6-9(12)13-11/h9-10,13-14H,4-8H2,1-3H3. The monoisotopic (exact) mass is 197 g/mol. The summed E-state index contributed by atoms with van der Waals surface area (Å²) in [6.07, 6.45) is 5.78. The summed E-state index contributed by atoms with van der Waals surface area (Å²) in [5.41, 5.74) is 0.245. The van der Waals surface area contributed by atoms with E-state index in [1.807, 2.05) is 0 Å². The lowest BCUT2D eigenvalue weighted by Crippen LogP contribution is -2.64. The fourth-order valence-corrected chi connectivity index (χ4v) is 3.24. The van der Waals surface area contributed by atoms with Gasteiger partial charge in [-0.15, -0.1) is 0 Å². The molecule has 2 fully saturated rings. The Morgan fingerprint density at radius 1 is 1.21 bits per heavy atom. The third kappa shape index (κ3) is 1.59. The number of hydrogen-bond donors (Lipinski definition) is 2. The van der Waals surface area contributed by atoms with Crippen LogP contribution in [0.15, 0.2) is 0 Å². The molecular formula is C12H23NO. The quantitative estimate of drug-likeness (QED) is 0.623. The zero-order valence-corrected chi connectivity index (χ0v) is 9.64. The van der Waals surface area contributed by atoms with E-state index in [1.165, 1.54) is 25.7 Å². The number of fused-ring (bicyclic) bond motifs is 1. The number of hydrogen-bond acceptors (Lipinski definition) is 2. The van der Waals surface area contributed by atoms with Gasteiger partial charge in [-0.25, -0.2) is 0 Å². The second-order valence-electron chi connectivity index (χ2n) is 6.05. The summed E-state index contributed by atoms with van der Waals surface area (Å²) >= 11 is 0. The van der Waals surface area contributed by atoms with Crippen LogP contribution in [0.1, 0.15) is 52.9 Å². The Kier molecular flexibility index (Phi) is 2.39. The highest BCUT2D eigenvalue weighted by Gasteiger charge is 2.49. The average Bonchev–Trinajstić information content (AvgIpc) is 2.06. The molecular weight excluding hydrogens is 174 g/mol. The van der Waals surface area contributed by atoms with E-state index in [0.29, 0.717) is 6.04 Å². The lowest BCUT2D eigenvalue weighted by Gasteiger charge is -2.54. The van der Waals surface area contributed by atoms with Gasteiger partial charge in [0.1, 0.15) is 0 Å². The fourth-order valence-electron chi connectivity index (χ4n) is 3.24. The molecule has 82 valence electrons. The Labute approximate surface area is 87.1 Å². The molecule has 0 bridgehead atoms. The fraction of sp³-hybridized carbons (Fsp3) is 1.00. The van der Waals surface area contributed by atoms with Gasteiger partial charge in [0.2, 0.25) is 0 Å². The lowest BCUT2D eigenvalue weighted by atomic mass is 9.62. The van der Waals surface area contributed by atoms with Gasteiger partial charge in [-0.2, -0.15) is 0 Å². The summed E-state index contributed by atoms with van der Waals surface area (Å²) in [6, 6.07) is 0.523. The van der Waals surface area contributed by atoms with E-state index in [1.54, 1.807) is 0 Å². The first kappa shape index (κ1) is 10.4. The van der Waals surface area contributed by atoms with Gasteiger partial charge in [0.15, 0.2) is 0 Å². The van der Waals surface area contributed by atoms with E-state index in [9.17, 15) is 5.11 Å². The van der Waals surface area contributed by atoms with Gasteiger partial charge in [0, 0.05) is 17.0 Å². The van der Waals surface area contributed by atoms with Crippen LogP contribution in [0.3, 0.4) is 0 Å². The predicted molar refractivity (Wildman–Crippen MR) is 58.2 cm³/mol. The van der Waals surface area contributed by atoms with Gasteiger partial charge in [-0.05, 0) is 33.1 Å². The van der Waals surface area contributed by atoms with Crippen molar-refractivity contribution in [2.24, 2.45) is 5.41 Å². The Morgan fingerprint density at radius 3 is 2.64 bits per heavy atom. The molecule has 14 heavy (non-hydrogen) atoms. The van der Waals surface area contributed by atoms with Crippen LogP contribution in [0.2, 0.25) is 0 Å². The van der Waals surface area contributed by atoms with Crippen LogP contribution < -0.4 is 5.32 Å². The summed E-state index contributed by atoms with van der Waals surface area (Å²) < 4.78 is 0. The van der Waals surface area contributed by atoms with E-state index in [2.05, 4.69) is 26.1 Å². The molecule has 1 aliphatic carbocycles. The van der Waals surface area contributed by atoms with Crippen molar-refractivity contribution in [1.29, 1.82) is 0 Å². The minimum Gasteiger partial charge on any atom is -0.392 e. The second kappa shape index (κ2) is 3.21. The number of aliphatic hydroxyl groups excluding tert-OH is 1. The molecule has 0 spiro atoms. The first-order chi connectivity index (χ1) is 6.44. The smallest absolute Gasteiger partial charge is 0.0626 e. The van der Waals surface area contributed by atoms with Crippen LogP contribution in [0.4, 0.5) is 0 Å². The van der Waals surface area contributed by atoms with Gasteiger partial charge in [-0.3, -0.25) is 0 Å². The van der Waals surface area contributed by atoms with Crippen molar-refractivity contribution in [2.45, 2.75) is 70.6 Å². The molecule has 0 radical (unpaired) electrons. The van der Waals surface area contributed by atoms with Crippen molar-refractivity contribution in [3.63, 3.8) is 0 Å². The Morgan fingerprint density at radius 2 is 1.93 bits per heavy atom. The largest absolute Gasteiger partial charge is 0.392 e. The van der Waals surface area contributed by atoms with Crippen molar-refractivity contribution >= 4 is 0 Å². The molecule has 2 rings (SSSR count). The van der Waals surface area contributed by atoms with Crippen LogP contribution in [-0.2, 0) is 0 Å². The highest BCUT2D eigenvalue weighted by atomic mass is 16.3. The molecule has 0 amide bonds. The molecule has 1 saturated carbocycles. The number of nitrogens with one attached hydrogen (secondary N) is 1. The maximum atomic E-state index is 10.3. The Hall–Kier alpha value is -0.0800. The average molecular weight is 197 g/mol. The molecule has 0 aromatic carbocycles. The molecule has 2 nitrogen and oxygen atoms in total. The van der Waals surface area contributed by atoms with Crippen LogP contribution in [0, 0.1) is 5.41 Å². The first-order valence-corrected chi connectivity index (χ1v) is 5.90. The highest BCUT2D eigenvalue weighted by Crippen LogP contribution is 2.45. The third-order valence-corrected chi connectivity index (χ3v) is 4.28. The second-order valence-corrected chi connectivity index (χ2v) is 6.05. The van der Waals surface area contributed by atoms with E-state index >= 15 is 0 Å². The van der Waals surface area contributed by atoms with Gasteiger partial charge >= 0.3 is 0 Å². The topological polar surface area (TPSA) is 32.3 Å². The molecule has 1 heterocycles. The van der Waals surface area contributed by atoms with E-state index in [-0.39, 0.29) is 17.1 Å². The molecule has 2 N–H and O–H groups in total. The zero-order chi connectivity index (χ0) is 10.4. The van der Waals surface area contributed by atoms with Crippen molar-refractivity contribution in [3.8, 4) is 0 Å². The van der Waals surface area contributed by atoms with Crippen LogP contribution >= 0.6 is 0 Å². The van der Waals surface area contributed by atoms with E-state index in [0.717, 1.165) is 6.42 Å². The lowest BCUT2D eigenvalue weighted by molar-refractivity contribution is -0.0725. The van der Waals surface area contributed by atoms with Gasteiger partial charge in [0.25, 0.3) is 0 Å². The van der Waals surface area contributed by atoms with E-state index in [4.69, 9.17) is 0 Å². The molecule has 1 saturated heterocycles. The molecule has 2 aliphatic rings. The van der Waals surface area contributed by atoms with Gasteiger partial charge < -0.3 is 10.4 Å². The van der Waals surface area contributed by atoms with Crippen LogP contribution in [0.25, 0.3) is 0 Å². The summed E-state index contributed by atoms with van der Waals surface area (Å²) in [7, 11) is 0. The maximum Gasteiger partial charge on any atom is 0.0626 e. The highest BCUT2D eigenvalue weighted by molar-refractivity contribution is 5.05. The van der Waals surface area contributed by atoms with Crippen molar-refractivity contribution < 1.29 is 5.11 Å². The Bertz CT molecular complexity index is 226. The Balaban J connectivity index is 2.20. The zero-order valence-electron chi connectivity index (χ0n) is 9.64. The number of aliphatic hydroxyl groups is 1. The van der Waals surface area contributed by atoms with E-state index < -0.39 is 0 Å². The normalized spacial score (nSPS) is 47.1. The number of piperidine rings is 1. The molecule has 2 heteroatoms. The number of rotatable bonds is 0. The van der Waals surface area contributed by atoms with Crippen molar-refractivity contribution in [3.05, 3.63) is 0 Å². The molecule has 3 unspecified atom stereocenters. The minimum absolute atomic E-state index is 0.112. The predicted octanol–water partition coefficient (Wildman–Crippen LogP) is 2.07. The SMILES string of the molecule is CC1(C)CC(O)C2(C)CCCCC2N1. The summed E-state index contributed by atoms with van der Waals surface area (Å²) in [6.45, 7) is 6.65. The van der Waals surface area contributed by atoms with Crippen molar-refractivity contribution in [1.82, 2.24) is 5.32 Å². The minimum atomic E-state index is -0.121.